The van der Waals surface area contributed by atoms with Crippen LogP contribution >= 0.6 is 0 Å². The lowest BCUT2D eigenvalue weighted by atomic mass is 10.2. The van der Waals surface area contributed by atoms with Gasteiger partial charge in [-0.3, -0.25) is 4.79 Å². The van der Waals surface area contributed by atoms with E-state index in [0.717, 1.165) is 12.8 Å². The van der Waals surface area contributed by atoms with Gasteiger partial charge in [-0.1, -0.05) is 19.4 Å². The third kappa shape index (κ3) is 5.85. The minimum atomic E-state index is -0.307. The molecule has 6 nitrogen and oxygen atoms in total. The van der Waals surface area contributed by atoms with Crippen LogP contribution in [0, 0.1) is 0 Å². The van der Waals surface area contributed by atoms with E-state index in [9.17, 15) is 9.90 Å². The first kappa shape index (κ1) is 14.9. The van der Waals surface area contributed by atoms with Crippen molar-refractivity contribution in [3.63, 3.8) is 0 Å². The zero-order valence-corrected chi connectivity index (χ0v) is 11.5. The van der Waals surface area contributed by atoms with Crippen LogP contribution < -0.4 is 10.6 Å². The molecular weight excluding hydrogens is 244 g/mol. The third-order valence-electron chi connectivity index (χ3n) is 2.35. The molecule has 0 aliphatic carbocycles. The number of pyridine rings is 1. The fourth-order valence-electron chi connectivity index (χ4n) is 1.61. The summed E-state index contributed by atoms with van der Waals surface area (Å²) >= 11 is 0. The highest BCUT2D eigenvalue weighted by Gasteiger charge is 2.07. The zero-order valence-electron chi connectivity index (χ0n) is 11.5. The second-order valence-corrected chi connectivity index (χ2v) is 4.32. The maximum atomic E-state index is 11.1. The number of hydrogen-bond acceptors (Lipinski definition) is 3. The number of hydrogen-bond donors (Lipinski definition) is 3. The van der Waals surface area contributed by atoms with E-state index in [1.165, 1.54) is 13.0 Å². The number of rotatable bonds is 4. The van der Waals surface area contributed by atoms with E-state index in [2.05, 4.69) is 27.5 Å². The fourth-order valence-corrected chi connectivity index (χ4v) is 1.61. The van der Waals surface area contributed by atoms with Gasteiger partial charge in [0, 0.05) is 19.0 Å². The topological polar surface area (TPSA) is 86.6 Å². The second kappa shape index (κ2) is 7.35. The highest BCUT2D eigenvalue weighted by molar-refractivity contribution is 6.00. The summed E-state index contributed by atoms with van der Waals surface area (Å²) in [4.78, 5) is 18.9. The van der Waals surface area contributed by atoms with Crippen molar-refractivity contribution < 1.29 is 9.90 Å². The summed E-state index contributed by atoms with van der Waals surface area (Å²) in [5, 5.41) is 15.3. The molecule has 6 heteroatoms. The lowest BCUT2D eigenvalue weighted by molar-refractivity contribution is -0.115. The van der Waals surface area contributed by atoms with Crippen LogP contribution in [-0.4, -0.2) is 28.0 Å². The summed E-state index contributed by atoms with van der Waals surface area (Å²) in [6, 6.07) is 5.00. The molecule has 0 saturated carbocycles. The van der Waals surface area contributed by atoms with Gasteiger partial charge in [-0.2, -0.15) is 9.98 Å². The lowest BCUT2D eigenvalue weighted by Crippen LogP contribution is -2.38. The molecule has 0 aliphatic heterocycles. The lowest BCUT2D eigenvalue weighted by Gasteiger charge is -2.16. The quantitative estimate of drug-likeness (QED) is 0.571. The van der Waals surface area contributed by atoms with Gasteiger partial charge in [-0.15, -0.1) is 0 Å². The molecule has 1 rings (SSSR count). The van der Waals surface area contributed by atoms with Gasteiger partial charge in [-0.25, -0.2) is 0 Å². The Kier molecular flexibility index (Phi) is 5.78. The SMILES string of the molecule is CCCC(C)N/C(=N/C(C)=O)Nc1cccc(O)n1. The minimum absolute atomic E-state index is 0.0891. The van der Waals surface area contributed by atoms with Gasteiger partial charge in [0.1, 0.15) is 5.82 Å². The molecular formula is C13H20N4O2. The Morgan fingerprint density at radius 1 is 1.53 bits per heavy atom. The van der Waals surface area contributed by atoms with Gasteiger partial charge in [0.25, 0.3) is 0 Å². The van der Waals surface area contributed by atoms with Crippen LogP contribution in [-0.2, 0) is 4.79 Å². The predicted molar refractivity (Wildman–Crippen MR) is 75.1 cm³/mol. The Hall–Kier alpha value is -2.11. The van der Waals surface area contributed by atoms with Crippen molar-refractivity contribution in [2.45, 2.75) is 39.7 Å². The van der Waals surface area contributed by atoms with E-state index >= 15 is 0 Å². The van der Waals surface area contributed by atoms with E-state index in [4.69, 9.17) is 0 Å². The third-order valence-corrected chi connectivity index (χ3v) is 2.35. The molecule has 3 N–H and O–H groups in total. The first-order chi connectivity index (χ1) is 9.01. The summed E-state index contributed by atoms with van der Waals surface area (Å²) < 4.78 is 0. The van der Waals surface area contributed by atoms with Crippen LogP contribution in [0.4, 0.5) is 5.82 Å². The molecule has 0 bridgehead atoms. The number of guanidine groups is 1. The van der Waals surface area contributed by atoms with Crippen molar-refractivity contribution in [2.75, 3.05) is 5.32 Å². The number of aromatic nitrogens is 1. The summed E-state index contributed by atoms with van der Waals surface area (Å²) in [6.45, 7) is 5.48. The Labute approximate surface area is 113 Å². The van der Waals surface area contributed by atoms with E-state index in [1.54, 1.807) is 12.1 Å². The Bertz CT molecular complexity index is 460. The maximum Gasteiger partial charge on any atom is 0.245 e. The average Bonchev–Trinajstić information content (AvgIpc) is 2.27. The number of anilines is 1. The molecule has 1 atom stereocenters. The molecule has 1 unspecified atom stereocenters. The van der Waals surface area contributed by atoms with Crippen molar-refractivity contribution >= 4 is 17.7 Å². The van der Waals surface area contributed by atoms with E-state index in [-0.39, 0.29) is 17.8 Å². The molecule has 0 aliphatic rings. The summed E-state index contributed by atoms with van der Waals surface area (Å²) in [5.41, 5.74) is 0. The number of nitrogens with zero attached hydrogens (tertiary/aromatic N) is 2. The fraction of sp³-hybridized carbons (Fsp3) is 0.462. The number of amides is 1. The molecule has 0 fully saturated rings. The Morgan fingerprint density at radius 2 is 2.26 bits per heavy atom. The van der Waals surface area contributed by atoms with Crippen LogP contribution in [0.3, 0.4) is 0 Å². The monoisotopic (exact) mass is 264 g/mol. The number of nitrogens with one attached hydrogen (secondary N) is 2. The van der Waals surface area contributed by atoms with Gasteiger partial charge in [0.2, 0.25) is 17.7 Å². The number of aromatic hydroxyl groups is 1. The summed E-state index contributed by atoms with van der Waals surface area (Å²) in [6.07, 6.45) is 2.00. The van der Waals surface area contributed by atoms with Crippen molar-refractivity contribution in [1.82, 2.24) is 10.3 Å². The van der Waals surface area contributed by atoms with Gasteiger partial charge in [0.15, 0.2) is 0 Å². The molecule has 19 heavy (non-hydrogen) atoms. The maximum absolute atomic E-state index is 11.1. The van der Waals surface area contributed by atoms with Crippen LogP contribution in [0.5, 0.6) is 5.88 Å². The number of carbonyl (C=O) groups excluding carboxylic acids is 1. The standard InChI is InChI=1S/C13H20N4O2/c1-4-6-9(2)14-13(15-10(3)18)17-11-7-5-8-12(19)16-11/h5,7-9H,4,6H2,1-3H3,(H3,14,15,16,17,18,19). The van der Waals surface area contributed by atoms with Crippen molar-refractivity contribution in [3.8, 4) is 5.88 Å². The molecule has 0 spiro atoms. The van der Waals surface area contributed by atoms with E-state index in [0.29, 0.717) is 11.8 Å². The summed E-state index contributed by atoms with van der Waals surface area (Å²) in [5.74, 6) is 0.371. The smallest absolute Gasteiger partial charge is 0.245 e. The highest BCUT2D eigenvalue weighted by Crippen LogP contribution is 2.09. The number of aliphatic imine (C=N–C) groups is 1. The van der Waals surface area contributed by atoms with Gasteiger partial charge in [0.05, 0.1) is 0 Å². The molecule has 1 aromatic rings. The molecule has 104 valence electrons. The molecule has 0 aromatic carbocycles. The number of carbonyl (C=O) groups is 1. The largest absolute Gasteiger partial charge is 0.493 e. The van der Waals surface area contributed by atoms with Gasteiger partial charge in [-0.05, 0) is 19.4 Å². The Balaban J connectivity index is 2.78. The molecule has 1 aromatic heterocycles. The zero-order chi connectivity index (χ0) is 14.3. The normalized spacial score (nSPS) is 12.9. The molecule has 0 saturated heterocycles. The van der Waals surface area contributed by atoms with E-state index < -0.39 is 0 Å². The summed E-state index contributed by atoms with van der Waals surface area (Å²) in [7, 11) is 0. The van der Waals surface area contributed by atoms with Gasteiger partial charge >= 0.3 is 0 Å². The van der Waals surface area contributed by atoms with E-state index in [1.807, 2.05) is 6.92 Å². The first-order valence-corrected chi connectivity index (χ1v) is 6.30. The predicted octanol–water partition coefficient (Wildman–Crippen LogP) is 1.88. The van der Waals surface area contributed by atoms with Crippen LogP contribution in [0.25, 0.3) is 0 Å². The second-order valence-electron chi connectivity index (χ2n) is 4.32. The average molecular weight is 264 g/mol. The van der Waals surface area contributed by atoms with Crippen LogP contribution in [0.2, 0.25) is 0 Å². The van der Waals surface area contributed by atoms with Crippen molar-refractivity contribution in [3.05, 3.63) is 18.2 Å². The Morgan fingerprint density at radius 3 is 2.84 bits per heavy atom. The highest BCUT2D eigenvalue weighted by atomic mass is 16.3. The minimum Gasteiger partial charge on any atom is -0.493 e. The molecule has 1 amide bonds. The van der Waals surface area contributed by atoms with Gasteiger partial charge < -0.3 is 15.7 Å². The van der Waals surface area contributed by atoms with Crippen LogP contribution in [0.1, 0.15) is 33.6 Å². The van der Waals surface area contributed by atoms with Crippen LogP contribution in [0.15, 0.2) is 23.2 Å². The van der Waals surface area contributed by atoms with Crippen molar-refractivity contribution in [1.29, 1.82) is 0 Å². The van der Waals surface area contributed by atoms with Crippen molar-refractivity contribution in [2.24, 2.45) is 4.99 Å². The molecule has 0 radical (unpaired) electrons. The molecule has 1 heterocycles. The first-order valence-electron chi connectivity index (χ1n) is 6.30.